The van der Waals surface area contributed by atoms with E-state index >= 15 is 0 Å². The van der Waals surface area contributed by atoms with Crippen LogP contribution in [0.5, 0.6) is 0 Å². The molecule has 3 unspecified atom stereocenters. The highest BCUT2D eigenvalue weighted by molar-refractivity contribution is 5.75. The van der Waals surface area contributed by atoms with Gasteiger partial charge in [-0.05, 0) is 45.4 Å². The monoisotopic (exact) mass is 244 g/mol. The average molecular weight is 244 g/mol. The van der Waals surface area contributed by atoms with Gasteiger partial charge in [0, 0.05) is 0 Å². The zero-order chi connectivity index (χ0) is 13.1. The summed E-state index contributed by atoms with van der Waals surface area (Å²) in [6, 6.07) is 0. The first-order chi connectivity index (χ1) is 7.86. The van der Waals surface area contributed by atoms with Crippen molar-refractivity contribution in [2.45, 2.75) is 58.7 Å². The molecule has 100 valence electrons. The molecule has 0 aromatic rings. The summed E-state index contributed by atoms with van der Waals surface area (Å²) in [6.07, 6.45) is 1.36. The van der Waals surface area contributed by atoms with Crippen molar-refractivity contribution in [2.24, 2.45) is 11.3 Å². The highest BCUT2D eigenvalue weighted by Crippen LogP contribution is 2.27. The van der Waals surface area contributed by atoms with Gasteiger partial charge >= 0.3 is 5.97 Å². The maximum absolute atomic E-state index is 11.8. The fraction of sp³-hybridized carbons (Fsp3) is 0.923. The maximum Gasteiger partial charge on any atom is 0.311 e. The van der Waals surface area contributed by atoms with Gasteiger partial charge < -0.3 is 14.9 Å². The first-order valence-corrected chi connectivity index (χ1v) is 6.40. The summed E-state index contributed by atoms with van der Waals surface area (Å²) in [6.45, 7) is 6.05. The number of hydrogen-bond acceptors (Lipinski definition) is 4. The minimum atomic E-state index is -0.674. The van der Waals surface area contributed by atoms with E-state index in [1.807, 2.05) is 20.8 Å². The number of esters is 1. The summed E-state index contributed by atoms with van der Waals surface area (Å²) in [5.74, 6) is -0.00869. The number of carbonyl (C=O) groups excluding carboxylic acids is 1. The number of ether oxygens (including phenoxy) is 1. The molecule has 1 aliphatic rings. The van der Waals surface area contributed by atoms with Crippen LogP contribution in [-0.4, -0.2) is 35.0 Å². The van der Waals surface area contributed by atoms with Crippen LogP contribution in [0.25, 0.3) is 0 Å². The van der Waals surface area contributed by atoms with Crippen LogP contribution in [0.2, 0.25) is 0 Å². The fourth-order valence-electron chi connectivity index (χ4n) is 1.90. The topological polar surface area (TPSA) is 66.8 Å². The molecule has 0 aromatic heterocycles. The summed E-state index contributed by atoms with van der Waals surface area (Å²) in [4.78, 5) is 11.8. The number of hydrogen-bond donors (Lipinski definition) is 2. The van der Waals surface area contributed by atoms with E-state index < -0.39 is 17.6 Å². The van der Waals surface area contributed by atoms with E-state index in [0.717, 1.165) is 12.8 Å². The molecule has 1 rings (SSSR count). The Morgan fingerprint density at radius 3 is 2.47 bits per heavy atom. The van der Waals surface area contributed by atoms with E-state index in [0.29, 0.717) is 19.4 Å². The third-order valence-electron chi connectivity index (χ3n) is 3.78. The molecule has 0 amide bonds. The quantitative estimate of drug-likeness (QED) is 0.735. The Morgan fingerprint density at radius 2 is 1.94 bits per heavy atom. The van der Waals surface area contributed by atoms with Gasteiger partial charge in [0.15, 0.2) is 0 Å². The molecule has 1 saturated carbocycles. The molecule has 1 fully saturated rings. The molecule has 1 aliphatic carbocycles. The number of aliphatic hydroxyl groups excluding tert-OH is 2. The van der Waals surface area contributed by atoms with Crippen LogP contribution in [0, 0.1) is 11.3 Å². The van der Waals surface area contributed by atoms with Gasteiger partial charge in [0.05, 0.1) is 24.2 Å². The minimum absolute atomic E-state index is 0.171. The molecule has 0 aromatic carbocycles. The first kappa shape index (κ1) is 14.5. The van der Waals surface area contributed by atoms with Crippen molar-refractivity contribution >= 4 is 5.97 Å². The molecule has 4 heteroatoms. The highest BCUT2D eigenvalue weighted by atomic mass is 16.5. The van der Waals surface area contributed by atoms with Crippen LogP contribution >= 0.6 is 0 Å². The zero-order valence-corrected chi connectivity index (χ0v) is 11.0. The number of aliphatic hydroxyl groups is 2. The molecule has 17 heavy (non-hydrogen) atoms. The van der Waals surface area contributed by atoms with Gasteiger partial charge in [0.2, 0.25) is 0 Å². The second-order valence-electron chi connectivity index (χ2n) is 5.65. The predicted molar refractivity (Wildman–Crippen MR) is 64.4 cm³/mol. The molecule has 3 atom stereocenters. The Morgan fingerprint density at radius 1 is 1.29 bits per heavy atom. The van der Waals surface area contributed by atoms with Crippen molar-refractivity contribution in [3.8, 4) is 0 Å². The van der Waals surface area contributed by atoms with E-state index in [-0.39, 0.29) is 11.9 Å². The van der Waals surface area contributed by atoms with E-state index in [9.17, 15) is 15.0 Å². The summed E-state index contributed by atoms with van der Waals surface area (Å²) < 4.78 is 5.29. The van der Waals surface area contributed by atoms with Gasteiger partial charge in [-0.3, -0.25) is 4.79 Å². The van der Waals surface area contributed by atoms with E-state index in [1.54, 1.807) is 0 Å². The lowest BCUT2D eigenvalue weighted by Gasteiger charge is -2.30. The fourth-order valence-corrected chi connectivity index (χ4v) is 1.90. The summed E-state index contributed by atoms with van der Waals surface area (Å²) in [7, 11) is 0. The van der Waals surface area contributed by atoms with Crippen LogP contribution in [0.4, 0.5) is 0 Å². The zero-order valence-electron chi connectivity index (χ0n) is 11.0. The largest absolute Gasteiger partial charge is 0.465 e. The molecule has 0 radical (unpaired) electrons. The number of carbonyl (C=O) groups is 1. The summed E-state index contributed by atoms with van der Waals surface area (Å²) >= 11 is 0. The standard InChI is InChI=1S/C13H24O4/c1-4-13(2,3)12(16)17-8-9-5-6-10(14)11(15)7-9/h9-11,14-15H,4-8H2,1-3H3. The molecule has 2 N–H and O–H groups in total. The molecule has 0 saturated heterocycles. The lowest BCUT2D eigenvalue weighted by molar-refractivity contribution is -0.156. The molecule has 0 spiro atoms. The molecule has 0 bridgehead atoms. The second-order valence-corrected chi connectivity index (χ2v) is 5.65. The van der Waals surface area contributed by atoms with Crippen molar-refractivity contribution in [3.05, 3.63) is 0 Å². The van der Waals surface area contributed by atoms with Crippen LogP contribution in [0.3, 0.4) is 0 Å². The van der Waals surface area contributed by atoms with Gasteiger partial charge in [-0.25, -0.2) is 0 Å². The minimum Gasteiger partial charge on any atom is -0.465 e. The van der Waals surface area contributed by atoms with Crippen molar-refractivity contribution in [1.29, 1.82) is 0 Å². The van der Waals surface area contributed by atoms with Crippen molar-refractivity contribution in [1.82, 2.24) is 0 Å². The predicted octanol–water partition coefficient (Wildman–Crippen LogP) is 1.49. The number of rotatable bonds is 4. The first-order valence-electron chi connectivity index (χ1n) is 6.40. The molecule has 0 aliphatic heterocycles. The van der Waals surface area contributed by atoms with E-state index in [2.05, 4.69) is 0 Å². The van der Waals surface area contributed by atoms with Gasteiger partial charge in [0.25, 0.3) is 0 Å². The smallest absolute Gasteiger partial charge is 0.311 e. The Balaban J connectivity index is 2.34. The second kappa shape index (κ2) is 5.83. The molecule has 4 nitrogen and oxygen atoms in total. The van der Waals surface area contributed by atoms with Crippen molar-refractivity contribution < 1.29 is 19.7 Å². The summed E-state index contributed by atoms with van der Waals surface area (Å²) in [5.41, 5.74) is -0.438. The Labute approximate surface area is 103 Å². The van der Waals surface area contributed by atoms with Gasteiger partial charge in [-0.1, -0.05) is 6.92 Å². The average Bonchev–Trinajstić information content (AvgIpc) is 2.30. The van der Waals surface area contributed by atoms with Crippen molar-refractivity contribution in [2.75, 3.05) is 6.61 Å². The van der Waals surface area contributed by atoms with Crippen LogP contribution in [0.1, 0.15) is 46.5 Å². The SMILES string of the molecule is CCC(C)(C)C(=O)OCC1CCC(O)C(O)C1. The highest BCUT2D eigenvalue weighted by Gasteiger charge is 2.31. The van der Waals surface area contributed by atoms with E-state index in [1.165, 1.54) is 0 Å². The van der Waals surface area contributed by atoms with Gasteiger partial charge in [-0.15, -0.1) is 0 Å². The Hall–Kier alpha value is -0.610. The summed E-state index contributed by atoms with van der Waals surface area (Å²) in [5, 5.41) is 18.9. The maximum atomic E-state index is 11.8. The third-order valence-corrected chi connectivity index (χ3v) is 3.78. The van der Waals surface area contributed by atoms with Crippen LogP contribution in [0.15, 0.2) is 0 Å². The van der Waals surface area contributed by atoms with Gasteiger partial charge in [0.1, 0.15) is 0 Å². The van der Waals surface area contributed by atoms with Crippen LogP contribution < -0.4 is 0 Å². The Bertz CT molecular complexity index is 262. The lowest BCUT2D eigenvalue weighted by Crippen LogP contribution is -2.36. The normalized spacial score (nSPS) is 30.1. The van der Waals surface area contributed by atoms with Gasteiger partial charge in [-0.2, -0.15) is 0 Å². The lowest BCUT2D eigenvalue weighted by atomic mass is 9.85. The molecular formula is C13H24O4. The van der Waals surface area contributed by atoms with Crippen LogP contribution in [-0.2, 0) is 9.53 Å². The molecular weight excluding hydrogens is 220 g/mol. The van der Waals surface area contributed by atoms with Crippen molar-refractivity contribution in [3.63, 3.8) is 0 Å². The van der Waals surface area contributed by atoms with E-state index in [4.69, 9.17) is 4.74 Å². The third kappa shape index (κ3) is 3.96. The molecule has 0 heterocycles. The Kier molecular flexibility index (Phi) is 4.95.